The van der Waals surface area contributed by atoms with Gasteiger partial charge in [-0.25, -0.2) is 0 Å². The molecule has 33 heavy (non-hydrogen) atoms. The number of rotatable bonds is 5. The molecule has 10 atom stereocenters. The number of epoxide rings is 1. The quantitative estimate of drug-likeness (QED) is 0.378. The SMILES string of the molecule is CC(C)C1(CC[C@@H](C)[C@H]2CC[C@@]3(C)[C@@H]4CC[C@H]5C(C)(C)[C@@H](C)CC[C@@]56C[C@@]46CC[C@]23C)CO1. The summed E-state index contributed by atoms with van der Waals surface area (Å²) >= 11 is 0. The fraction of sp³-hybridized carbons (Fsp3) is 1.00. The average molecular weight is 455 g/mol. The van der Waals surface area contributed by atoms with Crippen LogP contribution >= 0.6 is 0 Å². The van der Waals surface area contributed by atoms with Crippen molar-refractivity contribution in [1.82, 2.24) is 0 Å². The van der Waals surface area contributed by atoms with Gasteiger partial charge in [0.05, 0.1) is 12.2 Å². The molecule has 5 saturated carbocycles. The van der Waals surface area contributed by atoms with Crippen LogP contribution in [0.3, 0.4) is 0 Å². The summed E-state index contributed by atoms with van der Waals surface area (Å²) in [4.78, 5) is 0. The largest absolute Gasteiger partial charge is 0.369 e. The Balaban J connectivity index is 1.24. The van der Waals surface area contributed by atoms with Gasteiger partial charge in [0.2, 0.25) is 0 Å². The van der Waals surface area contributed by atoms with Gasteiger partial charge in [-0.3, -0.25) is 0 Å². The van der Waals surface area contributed by atoms with E-state index in [0.717, 1.165) is 47.0 Å². The second-order valence-corrected chi connectivity index (χ2v) is 15.9. The van der Waals surface area contributed by atoms with Crippen LogP contribution in [0.4, 0.5) is 0 Å². The Bertz CT molecular complexity index is 807. The van der Waals surface area contributed by atoms with Crippen LogP contribution in [0.5, 0.6) is 0 Å². The molecule has 6 aliphatic rings. The summed E-state index contributed by atoms with van der Waals surface area (Å²) in [6, 6.07) is 0. The molecule has 188 valence electrons. The van der Waals surface area contributed by atoms with Crippen LogP contribution < -0.4 is 0 Å². The molecule has 0 aromatic heterocycles. The van der Waals surface area contributed by atoms with Crippen LogP contribution in [-0.4, -0.2) is 12.2 Å². The third kappa shape index (κ3) is 2.71. The minimum Gasteiger partial charge on any atom is -0.369 e. The maximum atomic E-state index is 5.99. The van der Waals surface area contributed by atoms with E-state index in [1.807, 2.05) is 0 Å². The highest BCUT2D eigenvalue weighted by Crippen LogP contribution is 2.89. The molecule has 6 fully saturated rings. The summed E-state index contributed by atoms with van der Waals surface area (Å²) < 4.78 is 5.99. The standard InChI is InChI=1S/C32H54O/c1-21(2)32(20-33-32)16-11-22(3)24-13-14-29(8)26-10-9-25-27(5,6)23(4)12-15-30(25)19-31(26,30)18-17-28(24,29)7/h21-26H,9-20H2,1-8H3/t22-,23+,24-,25+,26+,28-,29+,30-,31+,32?/m1/s1. The van der Waals surface area contributed by atoms with Crippen LogP contribution in [0, 0.1) is 62.6 Å². The molecule has 6 rings (SSSR count). The zero-order valence-corrected chi connectivity index (χ0v) is 23.4. The fourth-order valence-corrected chi connectivity index (χ4v) is 12.0. The molecular weight excluding hydrogens is 400 g/mol. The summed E-state index contributed by atoms with van der Waals surface area (Å²) in [5, 5.41) is 0. The first kappa shape index (κ1) is 23.4. The van der Waals surface area contributed by atoms with Gasteiger partial charge in [0, 0.05) is 0 Å². The molecule has 0 bridgehead atoms. The van der Waals surface area contributed by atoms with Gasteiger partial charge in [0.1, 0.15) is 0 Å². The molecular formula is C32H54O. The van der Waals surface area contributed by atoms with Crippen molar-refractivity contribution in [2.45, 2.75) is 132 Å². The Morgan fingerprint density at radius 2 is 1.45 bits per heavy atom. The molecule has 1 nitrogen and oxygen atoms in total. The number of hydrogen-bond donors (Lipinski definition) is 0. The molecule has 2 spiro atoms. The van der Waals surface area contributed by atoms with Crippen LogP contribution in [0.2, 0.25) is 0 Å². The number of fused-ring (bicyclic) bond motifs is 2. The van der Waals surface area contributed by atoms with Gasteiger partial charge in [-0.15, -0.1) is 0 Å². The molecule has 1 heterocycles. The topological polar surface area (TPSA) is 12.5 Å². The first-order valence-corrected chi connectivity index (χ1v) is 15.0. The Morgan fingerprint density at radius 3 is 2.12 bits per heavy atom. The summed E-state index contributed by atoms with van der Waals surface area (Å²) in [6.07, 6.45) is 16.5. The van der Waals surface area contributed by atoms with Gasteiger partial charge < -0.3 is 4.74 Å². The van der Waals surface area contributed by atoms with Crippen molar-refractivity contribution in [3.8, 4) is 0 Å². The zero-order chi connectivity index (χ0) is 23.7. The summed E-state index contributed by atoms with van der Waals surface area (Å²) in [7, 11) is 0. The highest BCUT2D eigenvalue weighted by atomic mass is 16.6. The minimum atomic E-state index is 0.234. The predicted octanol–water partition coefficient (Wildman–Crippen LogP) is 8.90. The van der Waals surface area contributed by atoms with Gasteiger partial charge in [-0.2, -0.15) is 0 Å². The van der Waals surface area contributed by atoms with Crippen molar-refractivity contribution in [3.63, 3.8) is 0 Å². The lowest BCUT2D eigenvalue weighted by Gasteiger charge is -2.63. The predicted molar refractivity (Wildman–Crippen MR) is 138 cm³/mol. The number of ether oxygens (including phenoxy) is 1. The minimum absolute atomic E-state index is 0.234. The van der Waals surface area contributed by atoms with Crippen molar-refractivity contribution >= 4 is 0 Å². The van der Waals surface area contributed by atoms with E-state index in [-0.39, 0.29) is 5.60 Å². The van der Waals surface area contributed by atoms with Gasteiger partial charge in [0.15, 0.2) is 0 Å². The molecule has 0 aromatic rings. The molecule has 1 unspecified atom stereocenters. The second kappa shape index (κ2) is 6.83. The molecule has 0 N–H and O–H groups in total. The molecule has 0 amide bonds. The Morgan fingerprint density at radius 1 is 0.788 bits per heavy atom. The Kier molecular flexibility index (Phi) is 4.84. The van der Waals surface area contributed by atoms with E-state index in [1.165, 1.54) is 44.9 Å². The van der Waals surface area contributed by atoms with E-state index in [1.54, 1.807) is 25.7 Å². The van der Waals surface area contributed by atoms with Gasteiger partial charge in [-0.1, -0.05) is 55.4 Å². The van der Waals surface area contributed by atoms with Crippen LogP contribution in [0.25, 0.3) is 0 Å². The van der Waals surface area contributed by atoms with Crippen molar-refractivity contribution in [2.24, 2.45) is 62.6 Å². The van der Waals surface area contributed by atoms with E-state index in [4.69, 9.17) is 4.74 Å². The van der Waals surface area contributed by atoms with Crippen LogP contribution in [-0.2, 0) is 4.74 Å². The smallest absolute Gasteiger partial charge is 0.0939 e. The summed E-state index contributed by atoms with van der Waals surface area (Å²) in [5.41, 5.74) is 3.38. The van der Waals surface area contributed by atoms with Crippen LogP contribution in [0.15, 0.2) is 0 Å². The van der Waals surface area contributed by atoms with Gasteiger partial charge >= 0.3 is 0 Å². The van der Waals surface area contributed by atoms with Gasteiger partial charge in [0.25, 0.3) is 0 Å². The van der Waals surface area contributed by atoms with Gasteiger partial charge in [-0.05, 0) is 133 Å². The van der Waals surface area contributed by atoms with E-state index in [0.29, 0.717) is 22.2 Å². The molecule has 0 aromatic carbocycles. The van der Waals surface area contributed by atoms with E-state index >= 15 is 0 Å². The monoisotopic (exact) mass is 454 g/mol. The first-order valence-electron chi connectivity index (χ1n) is 15.0. The maximum absolute atomic E-state index is 5.99. The Labute approximate surface area is 205 Å². The average Bonchev–Trinajstić information content (AvgIpc) is 3.64. The fourth-order valence-electron chi connectivity index (χ4n) is 12.0. The molecule has 1 saturated heterocycles. The lowest BCUT2D eigenvalue weighted by Crippen LogP contribution is -2.56. The third-order valence-corrected chi connectivity index (χ3v) is 15.0. The second-order valence-electron chi connectivity index (χ2n) is 15.9. The molecule has 0 radical (unpaired) electrons. The lowest BCUT2D eigenvalue weighted by molar-refractivity contribution is -0.149. The number of hydrogen-bond acceptors (Lipinski definition) is 1. The van der Waals surface area contributed by atoms with Crippen molar-refractivity contribution < 1.29 is 4.74 Å². The molecule has 5 aliphatic carbocycles. The van der Waals surface area contributed by atoms with E-state index in [2.05, 4.69) is 55.4 Å². The zero-order valence-electron chi connectivity index (χ0n) is 23.4. The Hall–Kier alpha value is -0.0400. The van der Waals surface area contributed by atoms with Crippen molar-refractivity contribution in [1.29, 1.82) is 0 Å². The van der Waals surface area contributed by atoms with Crippen molar-refractivity contribution in [2.75, 3.05) is 6.61 Å². The van der Waals surface area contributed by atoms with E-state index in [9.17, 15) is 0 Å². The third-order valence-electron chi connectivity index (χ3n) is 15.0. The summed E-state index contributed by atoms with van der Waals surface area (Å²) in [6.45, 7) is 21.8. The molecule has 1 aliphatic heterocycles. The molecule has 1 heteroatoms. The highest BCUT2D eigenvalue weighted by Gasteiger charge is 2.81. The summed E-state index contributed by atoms with van der Waals surface area (Å²) in [5.74, 6) is 5.37. The highest BCUT2D eigenvalue weighted by molar-refractivity contribution is 5.30. The van der Waals surface area contributed by atoms with Crippen LogP contribution in [0.1, 0.15) is 126 Å². The van der Waals surface area contributed by atoms with E-state index < -0.39 is 0 Å². The van der Waals surface area contributed by atoms with Crippen molar-refractivity contribution in [3.05, 3.63) is 0 Å². The first-order chi connectivity index (χ1) is 15.4. The maximum Gasteiger partial charge on any atom is 0.0939 e. The normalized spacial score (nSPS) is 57.0. The lowest BCUT2D eigenvalue weighted by atomic mass is 9.41.